The Morgan fingerprint density at radius 3 is 2.72 bits per heavy atom. The van der Waals surface area contributed by atoms with Crippen molar-refractivity contribution in [2.24, 2.45) is 5.73 Å². The molecule has 1 aliphatic heterocycles. The first kappa shape index (κ1) is 24.0. The summed E-state index contributed by atoms with van der Waals surface area (Å²) in [4.78, 5) is 22.3. The van der Waals surface area contributed by atoms with E-state index in [9.17, 15) is 4.79 Å². The summed E-state index contributed by atoms with van der Waals surface area (Å²) in [6, 6.07) is 15.7. The molecule has 1 saturated heterocycles. The van der Waals surface area contributed by atoms with E-state index in [4.69, 9.17) is 10.5 Å². The van der Waals surface area contributed by atoms with Crippen molar-refractivity contribution in [3.63, 3.8) is 0 Å². The standard InChI is InChI=1S/C28H30FN5O2/c1-34-13-10-20(11-14-34)33-28(35)23(30)16-18-7-8-24(22(29)15-18)36-25-9-12-31-27-26(25)21(17-32-27)19-5-3-2-4-6-19/h2-9,12,15,17,20,23H,10-11,13-14,16,30H2,1H3,(H,31,32)(H,33,35). The second kappa shape index (κ2) is 10.5. The Bertz CT molecular complexity index is 1350. The highest BCUT2D eigenvalue weighted by atomic mass is 19.1. The summed E-state index contributed by atoms with van der Waals surface area (Å²) in [5, 5.41) is 3.81. The molecule has 3 heterocycles. The third-order valence-electron chi connectivity index (χ3n) is 6.69. The van der Waals surface area contributed by atoms with Crippen molar-refractivity contribution in [1.82, 2.24) is 20.2 Å². The minimum Gasteiger partial charge on any atom is -0.453 e. The molecule has 0 saturated carbocycles. The predicted molar refractivity (Wildman–Crippen MR) is 138 cm³/mol. The molecular weight excluding hydrogens is 457 g/mol. The zero-order chi connectivity index (χ0) is 25.1. The number of aromatic nitrogens is 2. The quantitative estimate of drug-likeness (QED) is 0.362. The Hall–Kier alpha value is -3.75. The summed E-state index contributed by atoms with van der Waals surface area (Å²) >= 11 is 0. The van der Waals surface area contributed by atoms with Crippen LogP contribution in [0.1, 0.15) is 18.4 Å². The van der Waals surface area contributed by atoms with Crippen molar-refractivity contribution in [3.8, 4) is 22.6 Å². The number of aromatic amines is 1. The number of halogens is 1. The van der Waals surface area contributed by atoms with Crippen molar-refractivity contribution in [2.75, 3.05) is 20.1 Å². The number of hydrogen-bond donors (Lipinski definition) is 3. The minimum atomic E-state index is -0.746. The van der Waals surface area contributed by atoms with E-state index in [2.05, 4.69) is 27.2 Å². The highest BCUT2D eigenvalue weighted by Gasteiger charge is 2.22. The third-order valence-corrected chi connectivity index (χ3v) is 6.69. The van der Waals surface area contributed by atoms with Crippen molar-refractivity contribution in [1.29, 1.82) is 0 Å². The summed E-state index contributed by atoms with van der Waals surface area (Å²) in [6.45, 7) is 1.90. The Kier molecular flexibility index (Phi) is 6.97. The second-order valence-corrected chi connectivity index (χ2v) is 9.36. The van der Waals surface area contributed by atoms with Gasteiger partial charge in [0.05, 0.1) is 11.4 Å². The number of carbonyl (C=O) groups excluding carboxylic acids is 1. The largest absolute Gasteiger partial charge is 0.453 e. The van der Waals surface area contributed by atoms with Gasteiger partial charge >= 0.3 is 0 Å². The molecule has 0 aliphatic carbocycles. The van der Waals surface area contributed by atoms with Gasteiger partial charge in [-0.3, -0.25) is 4.79 Å². The normalized spacial score (nSPS) is 15.6. The highest BCUT2D eigenvalue weighted by Crippen LogP contribution is 2.37. The maximum absolute atomic E-state index is 15.1. The first-order chi connectivity index (χ1) is 17.5. The molecule has 0 radical (unpaired) electrons. The van der Waals surface area contributed by atoms with E-state index in [0.717, 1.165) is 42.4 Å². The maximum atomic E-state index is 15.1. The number of hydrogen-bond acceptors (Lipinski definition) is 5. The molecule has 8 heteroatoms. The monoisotopic (exact) mass is 487 g/mol. The Labute approximate surface area is 209 Å². The van der Waals surface area contributed by atoms with Crippen LogP contribution in [-0.4, -0.2) is 53.0 Å². The van der Waals surface area contributed by atoms with Gasteiger partial charge in [-0.2, -0.15) is 0 Å². The average molecular weight is 488 g/mol. The molecule has 2 aromatic heterocycles. The lowest BCUT2D eigenvalue weighted by Gasteiger charge is -2.30. The van der Waals surface area contributed by atoms with Crippen LogP contribution in [0.5, 0.6) is 11.5 Å². The van der Waals surface area contributed by atoms with E-state index >= 15 is 4.39 Å². The number of nitrogens with two attached hydrogens (primary N) is 1. The fourth-order valence-corrected chi connectivity index (χ4v) is 4.64. The molecule has 7 nitrogen and oxygen atoms in total. The molecule has 186 valence electrons. The maximum Gasteiger partial charge on any atom is 0.237 e. The van der Waals surface area contributed by atoms with Gasteiger partial charge in [0.2, 0.25) is 5.91 Å². The van der Waals surface area contributed by atoms with Crippen molar-refractivity contribution in [2.45, 2.75) is 31.3 Å². The number of likely N-dealkylation sites (tertiary alicyclic amines) is 1. The van der Waals surface area contributed by atoms with Gasteiger partial charge in [0.1, 0.15) is 11.4 Å². The van der Waals surface area contributed by atoms with Crippen molar-refractivity contribution < 1.29 is 13.9 Å². The van der Waals surface area contributed by atoms with Crippen LogP contribution in [0.2, 0.25) is 0 Å². The van der Waals surface area contributed by atoms with E-state index in [0.29, 0.717) is 17.0 Å². The lowest BCUT2D eigenvalue weighted by atomic mass is 10.0. The molecule has 1 atom stereocenters. The van der Waals surface area contributed by atoms with Gasteiger partial charge in [0.25, 0.3) is 0 Å². The topological polar surface area (TPSA) is 96.3 Å². The number of nitrogens with zero attached hydrogens (tertiary/aromatic N) is 2. The summed E-state index contributed by atoms with van der Waals surface area (Å²) in [7, 11) is 2.07. The summed E-state index contributed by atoms with van der Waals surface area (Å²) in [5.41, 5.74) is 9.36. The number of ether oxygens (including phenoxy) is 1. The zero-order valence-corrected chi connectivity index (χ0v) is 20.2. The number of fused-ring (bicyclic) bond motifs is 1. The van der Waals surface area contributed by atoms with E-state index in [-0.39, 0.29) is 24.1 Å². The molecule has 1 aliphatic rings. The number of carbonyl (C=O) groups is 1. The molecule has 4 N–H and O–H groups in total. The molecule has 36 heavy (non-hydrogen) atoms. The minimum absolute atomic E-state index is 0.0933. The van der Waals surface area contributed by atoms with E-state index < -0.39 is 11.9 Å². The smallest absolute Gasteiger partial charge is 0.237 e. The Morgan fingerprint density at radius 1 is 1.19 bits per heavy atom. The number of H-pyrrole nitrogens is 1. The Balaban J connectivity index is 1.29. The van der Waals surface area contributed by atoms with Crippen LogP contribution in [0, 0.1) is 5.82 Å². The average Bonchev–Trinajstić information content (AvgIpc) is 3.33. The van der Waals surface area contributed by atoms with Crippen molar-refractivity contribution >= 4 is 16.9 Å². The van der Waals surface area contributed by atoms with Gasteiger partial charge in [-0.25, -0.2) is 9.37 Å². The highest BCUT2D eigenvalue weighted by molar-refractivity contribution is 5.98. The molecule has 5 rings (SSSR count). The molecule has 1 amide bonds. The molecule has 1 unspecified atom stereocenters. The Morgan fingerprint density at radius 2 is 1.97 bits per heavy atom. The van der Waals surface area contributed by atoms with Gasteiger partial charge in [0, 0.05) is 24.0 Å². The number of nitrogens with one attached hydrogen (secondary N) is 2. The van der Waals surface area contributed by atoms with Gasteiger partial charge in [-0.15, -0.1) is 0 Å². The summed E-state index contributed by atoms with van der Waals surface area (Å²) in [6.07, 6.45) is 5.55. The van der Waals surface area contributed by atoms with Gasteiger partial charge in [-0.05, 0) is 68.7 Å². The van der Waals surface area contributed by atoms with Crippen LogP contribution in [0.4, 0.5) is 4.39 Å². The van der Waals surface area contributed by atoms with Crippen LogP contribution in [0.25, 0.3) is 22.2 Å². The molecule has 0 bridgehead atoms. The summed E-state index contributed by atoms with van der Waals surface area (Å²) < 4.78 is 21.1. The van der Waals surface area contributed by atoms with Gasteiger partial charge in [-0.1, -0.05) is 36.4 Å². The van der Waals surface area contributed by atoms with E-state index in [1.165, 1.54) is 6.07 Å². The molecule has 4 aromatic rings. The second-order valence-electron chi connectivity index (χ2n) is 9.36. The van der Waals surface area contributed by atoms with Crippen LogP contribution >= 0.6 is 0 Å². The lowest BCUT2D eigenvalue weighted by Crippen LogP contribution is -2.49. The SMILES string of the molecule is CN1CCC(NC(=O)C(N)Cc2ccc(Oc3ccnc4[nH]cc(-c5ccccc5)c34)c(F)c2)CC1. The number of pyridine rings is 1. The number of rotatable bonds is 7. The lowest BCUT2D eigenvalue weighted by molar-refractivity contribution is -0.123. The molecule has 0 spiro atoms. The van der Waals surface area contributed by atoms with Crippen LogP contribution in [-0.2, 0) is 11.2 Å². The van der Waals surface area contributed by atoms with Crippen LogP contribution in [0.15, 0.2) is 67.0 Å². The third kappa shape index (κ3) is 5.24. The van der Waals surface area contributed by atoms with Gasteiger partial charge in [0.15, 0.2) is 11.6 Å². The van der Waals surface area contributed by atoms with E-state index in [1.54, 1.807) is 24.4 Å². The fraction of sp³-hybridized carbons (Fsp3) is 0.286. The zero-order valence-electron chi connectivity index (χ0n) is 20.2. The number of amides is 1. The van der Waals surface area contributed by atoms with Crippen molar-refractivity contribution in [3.05, 3.63) is 78.4 Å². The predicted octanol–water partition coefficient (Wildman–Crippen LogP) is 4.24. The number of piperidine rings is 1. The van der Waals surface area contributed by atoms with Crippen LogP contribution < -0.4 is 15.8 Å². The molecule has 2 aromatic carbocycles. The first-order valence-corrected chi connectivity index (χ1v) is 12.2. The number of benzene rings is 2. The molecular formula is C28H30FN5O2. The molecule has 1 fully saturated rings. The van der Waals surface area contributed by atoms with Crippen LogP contribution in [0.3, 0.4) is 0 Å². The summed E-state index contributed by atoms with van der Waals surface area (Å²) in [5.74, 6) is -0.126. The van der Waals surface area contributed by atoms with E-state index in [1.807, 2.05) is 36.5 Å². The first-order valence-electron chi connectivity index (χ1n) is 12.2. The van der Waals surface area contributed by atoms with Gasteiger partial charge < -0.3 is 25.7 Å². The fourth-order valence-electron chi connectivity index (χ4n) is 4.64.